The van der Waals surface area contributed by atoms with Gasteiger partial charge in [0.25, 0.3) is 0 Å². The first-order valence-electron chi connectivity index (χ1n) is 8.45. The van der Waals surface area contributed by atoms with Crippen LogP contribution in [0.1, 0.15) is 45.4 Å². The van der Waals surface area contributed by atoms with E-state index in [1.807, 2.05) is 0 Å². The molecule has 7 heteroatoms. The molecule has 23 heavy (non-hydrogen) atoms. The number of ether oxygens (including phenoxy) is 4. The Kier molecular flexibility index (Phi) is 3.89. The lowest BCUT2D eigenvalue weighted by Crippen LogP contribution is -2.58. The molecular weight excluding hydrogens is 324 g/mol. The molecule has 0 amide bonds. The van der Waals surface area contributed by atoms with Crippen LogP contribution in [0.4, 0.5) is 0 Å². The summed E-state index contributed by atoms with van der Waals surface area (Å²) in [5.41, 5.74) is 0. The molecule has 0 aromatic rings. The molecule has 4 fully saturated rings. The maximum atomic E-state index is 11.4. The minimum absolute atomic E-state index is 0.119. The Bertz CT molecular complexity index is 479. The maximum absolute atomic E-state index is 11.4. The summed E-state index contributed by atoms with van der Waals surface area (Å²) in [5, 5.41) is 9.29. The molecule has 1 N–H and O–H groups in total. The van der Waals surface area contributed by atoms with Crippen molar-refractivity contribution in [1.29, 1.82) is 0 Å². The Hall–Kier alpha value is -0.400. The van der Waals surface area contributed by atoms with Gasteiger partial charge in [0.2, 0.25) is 0 Å². The third-order valence-electron chi connectivity index (χ3n) is 5.72. The summed E-state index contributed by atoms with van der Waals surface area (Å²) in [5.74, 6) is -1.53. The summed E-state index contributed by atoms with van der Waals surface area (Å²) in [7, 11) is 0. The van der Waals surface area contributed by atoms with E-state index in [1.165, 1.54) is 0 Å². The molecule has 4 aliphatic heterocycles. The van der Waals surface area contributed by atoms with Gasteiger partial charge in [0.1, 0.15) is 18.3 Å². The van der Waals surface area contributed by atoms with Crippen molar-refractivity contribution in [3.8, 4) is 0 Å². The van der Waals surface area contributed by atoms with Crippen LogP contribution in [0.15, 0.2) is 0 Å². The minimum atomic E-state index is -0.770. The van der Waals surface area contributed by atoms with Gasteiger partial charge in [-0.3, -0.25) is 4.79 Å². The van der Waals surface area contributed by atoms with E-state index in [-0.39, 0.29) is 36.1 Å². The molecule has 0 aliphatic carbocycles. The van der Waals surface area contributed by atoms with Gasteiger partial charge in [0, 0.05) is 25.2 Å². The van der Waals surface area contributed by atoms with Crippen molar-refractivity contribution in [1.82, 2.24) is 0 Å². The zero-order chi connectivity index (χ0) is 16.2. The molecular formula is C16H23ClO6. The molecule has 0 radical (unpaired) electrons. The van der Waals surface area contributed by atoms with Crippen molar-refractivity contribution in [3.05, 3.63) is 0 Å². The van der Waals surface area contributed by atoms with Gasteiger partial charge in [-0.1, -0.05) is 6.92 Å². The van der Waals surface area contributed by atoms with E-state index < -0.39 is 17.7 Å². The summed E-state index contributed by atoms with van der Waals surface area (Å²) in [6.07, 6.45) is 3.05. The van der Waals surface area contributed by atoms with E-state index in [0.29, 0.717) is 19.3 Å². The minimum Gasteiger partial charge on any atom is -0.459 e. The van der Waals surface area contributed by atoms with Crippen molar-refractivity contribution >= 4 is 17.6 Å². The first kappa shape index (κ1) is 16.1. The maximum Gasteiger partial charge on any atom is 0.308 e. The molecule has 4 heterocycles. The quantitative estimate of drug-likeness (QED) is 0.575. The highest BCUT2D eigenvalue weighted by Gasteiger charge is 2.61. The number of alkyl halides is 1. The molecule has 130 valence electrons. The predicted octanol–water partition coefficient (Wildman–Crippen LogP) is 1.71. The predicted molar refractivity (Wildman–Crippen MR) is 79.8 cm³/mol. The average molecular weight is 347 g/mol. The van der Waals surface area contributed by atoms with Crippen LogP contribution >= 0.6 is 11.6 Å². The van der Waals surface area contributed by atoms with Crippen molar-refractivity contribution < 1.29 is 28.8 Å². The van der Waals surface area contributed by atoms with Crippen LogP contribution in [0.25, 0.3) is 0 Å². The normalized spacial score (nSPS) is 52.8. The van der Waals surface area contributed by atoms with E-state index in [9.17, 15) is 9.90 Å². The number of hydrogen-bond donors (Lipinski definition) is 1. The summed E-state index contributed by atoms with van der Waals surface area (Å²) in [4.78, 5) is 11.4. The van der Waals surface area contributed by atoms with Crippen LogP contribution in [-0.4, -0.2) is 52.9 Å². The van der Waals surface area contributed by atoms with Gasteiger partial charge < -0.3 is 24.1 Å². The van der Waals surface area contributed by atoms with Crippen LogP contribution in [0.3, 0.4) is 0 Å². The zero-order valence-corrected chi connectivity index (χ0v) is 14.0. The molecule has 1 unspecified atom stereocenters. The molecule has 0 aromatic heterocycles. The number of esters is 1. The Morgan fingerprint density at radius 3 is 2.78 bits per heavy atom. The van der Waals surface area contributed by atoms with Gasteiger partial charge in [-0.05, 0) is 12.8 Å². The van der Waals surface area contributed by atoms with Crippen LogP contribution < -0.4 is 0 Å². The van der Waals surface area contributed by atoms with Gasteiger partial charge in [-0.25, -0.2) is 0 Å². The number of halogens is 1. The molecule has 7 atom stereocenters. The number of rotatable bonds is 1. The van der Waals surface area contributed by atoms with E-state index in [0.717, 1.165) is 19.3 Å². The summed E-state index contributed by atoms with van der Waals surface area (Å²) < 4.78 is 24.0. The van der Waals surface area contributed by atoms with Gasteiger partial charge >= 0.3 is 5.97 Å². The lowest BCUT2D eigenvalue weighted by molar-refractivity contribution is -0.408. The summed E-state index contributed by atoms with van der Waals surface area (Å²) in [6.45, 7) is 1.98. The highest BCUT2D eigenvalue weighted by Crippen LogP contribution is 2.53. The molecule has 0 saturated carbocycles. The first-order chi connectivity index (χ1) is 11.0. The molecule has 4 rings (SSSR count). The second-order valence-electron chi connectivity index (χ2n) is 7.25. The van der Waals surface area contributed by atoms with Gasteiger partial charge in [-0.2, -0.15) is 0 Å². The SMILES string of the molecule is C[C@H]1CC[C@]2(CC[C@H](Cl)[C@@H](CO)O2)O[C@]12C[C@@H]1OC(=O)CC1O2. The van der Waals surface area contributed by atoms with Gasteiger partial charge in [0.05, 0.1) is 18.4 Å². The third kappa shape index (κ3) is 2.59. The van der Waals surface area contributed by atoms with Crippen molar-refractivity contribution in [2.45, 2.75) is 80.7 Å². The van der Waals surface area contributed by atoms with Crippen LogP contribution in [0, 0.1) is 5.92 Å². The molecule has 6 nitrogen and oxygen atoms in total. The van der Waals surface area contributed by atoms with Crippen LogP contribution in [0.5, 0.6) is 0 Å². The third-order valence-corrected chi connectivity index (χ3v) is 6.22. The monoisotopic (exact) mass is 346 g/mol. The smallest absolute Gasteiger partial charge is 0.308 e. The highest BCUT2D eigenvalue weighted by molar-refractivity contribution is 6.21. The molecule has 4 aliphatic rings. The topological polar surface area (TPSA) is 74.2 Å². The van der Waals surface area contributed by atoms with Crippen molar-refractivity contribution in [2.24, 2.45) is 5.92 Å². The zero-order valence-electron chi connectivity index (χ0n) is 13.2. The first-order valence-corrected chi connectivity index (χ1v) is 8.89. The van der Waals surface area contributed by atoms with Gasteiger partial charge in [0.15, 0.2) is 11.6 Å². The van der Waals surface area contributed by atoms with E-state index in [4.69, 9.17) is 30.5 Å². The lowest BCUT2D eigenvalue weighted by Gasteiger charge is -2.52. The molecule has 0 bridgehead atoms. The number of carbonyl (C=O) groups excluding carboxylic acids is 1. The molecule has 4 saturated heterocycles. The Labute approximate surface area is 140 Å². The number of aliphatic hydroxyl groups excluding tert-OH is 1. The van der Waals surface area contributed by atoms with Crippen LogP contribution in [0.2, 0.25) is 0 Å². The van der Waals surface area contributed by atoms with Crippen molar-refractivity contribution in [2.75, 3.05) is 6.61 Å². The molecule has 2 spiro atoms. The average Bonchev–Trinajstić information content (AvgIpc) is 3.00. The summed E-state index contributed by atoms with van der Waals surface area (Å²) in [6, 6.07) is 0. The second-order valence-corrected chi connectivity index (χ2v) is 7.81. The number of hydrogen-bond acceptors (Lipinski definition) is 6. The Morgan fingerprint density at radius 2 is 2.04 bits per heavy atom. The Morgan fingerprint density at radius 1 is 1.26 bits per heavy atom. The standard InChI is InChI=1S/C16H23ClO6/c1-9-2-4-15(5-3-10(17)13(8-18)21-15)23-16(9)7-12-11(22-16)6-14(19)20-12/h9-13,18H,2-8H2,1H3/t9-,10-,11?,12-,13+,15+,16+/m0/s1. The highest BCUT2D eigenvalue weighted by atomic mass is 35.5. The second kappa shape index (κ2) is 5.56. The van der Waals surface area contributed by atoms with Crippen LogP contribution in [-0.2, 0) is 23.7 Å². The lowest BCUT2D eigenvalue weighted by atomic mass is 9.84. The van der Waals surface area contributed by atoms with E-state index in [2.05, 4.69) is 6.92 Å². The van der Waals surface area contributed by atoms with Crippen molar-refractivity contribution in [3.63, 3.8) is 0 Å². The summed E-state index contributed by atoms with van der Waals surface area (Å²) >= 11 is 6.23. The number of fused-ring (bicyclic) bond motifs is 1. The fraction of sp³-hybridized carbons (Fsp3) is 0.938. The fourth-order valence-electron chi connectivity index (χ4n) is 4.33. The fourth-order valence-corrected chi connectivity index (χ4v) is 4.57. The van der Waals surface area contributed by atoms with E-state index in [1.54, 1.807) is 0 Å². The van der Waals surface area contributed by atoms with E-state index >= 15 is 0 Å². The Balaban J connectivity index is 1.54. The van der Waals surface area contributed by atoms with Gasteiger partial charge in [-0.15, -0.1) is 11.6 Å². The largest absolute Gasteiger partial charge is 0.459 e. The molecule has 0 aromatic carbocycles. The number of carbonyl (C=O) groups is 1. The number of aliphatic hydroxyl groups is 1.